The summed E-state index contributed by atoms with van der Waals surface area (Å²) in [6.07, 6.45) is 5.45. The van der Waals surface area contributed by atoms with Gasteiger partial charge in [0.1, 0.15) is 18.3 Å². The number of nitro groups is 1. The Hall–Kier alpha value is -3.36. The first kappa shape index (κ1) is 38.8. The molecule has 0 heterocycles. The van der Waals surface area contributed by atoms with Crippen LogP contribution in [0.4, 0.5) is 5.69 Å². The van der Waals surface area contributed by atoms with Gasteiger partial charge in [-0.15, -0.1) is 0 Å². The zero-order valence-electron chi connectivity index (χ0n) is 26.2. The Morgan fingerprint density at radius 1 is 1.22 bits per heavy atom. The number of halogens is 1. The van der Waals surface area contributed by atoms with Crippen LogP contribution >= 0.6 is 23.4 Å². The van der Waals surface area contributed by atoms with E-state index in [-0.39, 0.29) is 41.8 Å². The molecule has 3 rings (SSSR count). The van der Waals surface area contributed by atoms with Crippen LogP contribution < -0.4 is 0 Å². The van der Waals surface area contributed by atoms with Crippen molar-refractivity contribution in [3.8, 4) is 0 Å². The number of hydrogen-bond donors (Lipinski definition) is 1. The molecule has 46 heavy (non-hydrogen) atoms. The first-order valence-electron chi connectivity index (χ1n) is 14.7. The Kier molecular flexibility index (Phi) is 15.3. The normalized spacial score (nSPS) is 18.8. The van der Waals surface area contributed by atoms with Gasteiger partial charge in [0.25, 0.3) is 5.69 Å². The molecular formula is C31H39ClN2O10S2. The van der Waals surface area contributed by atoms with Gasteiger partial charge in [-0.2, -0.15) is 11.8 Å². The lowest BCUT2D eigenvalue weighted by atomic mass is 9.81. The number of carbonyl (C=O) groups excluding carboxylic acids is 4. The Balaban J connectivity index is 0.000000320. The quantitative estimate of drug-likeness (QED) is 0.0639. The number of oxime groups is 1. The number of ketones is 4. The minimum Gasteiger partial charge on any atom is -0.511 e. The molecule has 15 heteroatoms. The van der Waals surface area contributed by atoms with Gasteiger partial charge >= 0.3 is 0 Å². The highest BCUT2D eigenvalue weighted by atomic mass is 35.5. The number of hydrogen-bond acceptors (Lipinski definition) is 12. The maximum atomic E-state index is 12.4. The van der Waals surface area contributed by atoms with E-state index >= 15 is 0 Å². The first-order valence-corrected chi connectivity index (χ1v) is 18.1. The van der Waals surface area contributed by atoms with Gasteiger partial charge in [-0.3, -0.25) is 29.3 Å². The average molecular weight is 699 g/mol. The summed E-state index contributed by atoms with van der Waals surface area (Å²) in [6, 6.07) is 2.79. The summed E-state index contributed by atoms with van der Waals surface area (Å²) < 4.78 is 23.0. The minimum atomic E-state index is -3.70. The molecule has 1 aromatic carbocycles. The molecule has 1 saturated carbocycles. The molecule has 2 aliphatic carbocycles. The molecule has 252 valence electrons. The molecule has 1 fully saturated rings. The van der Waals surface area contributed by atoms with Crippen LogP contribution in [-0.4, -0.2) is 71.2 Å². The van der Waals surface area contributed by atoms with Crippen LogP contribution in [0.1, 0.15) is 76.1 Å². The third-order valence-electron chi connectivity index (χ3n) is 7.31. The number of nitrogens with zero attached hydrogens (tertiary/aromatic N) is 2. The molecule has 0 spiro atoms. The van der Waals surface area contributed by atoms with Gasteiger partial charge in [0, 0.05) is 48.8 Å². The maximum absolute atomic E-state index is 12.4. The zero-order chi connectivity index (χ0) is 34.6. The molecule has 2 unspecified atom stereocenters. The third-order valence-corrected chi connectivity index (χ3v) is 9.69. The lowest BCUT2D eigenvalue weighted by molar-refractivity contribution is -0.385. The number of allylic oxidation sites excluding steroid dienone is 2. The number of Topliss-reactive ketones (excluding diaryl/α,β-unsaturated/α-hetero) is 4. The summed E-state index contributed by atoms with van der Waals surface area (Å²) in [5, 5.41) is 26.0. The number of thioether (sulfide) groups is 1. The molecular weight excluding hydrogens is 660 g/mol. The molecule has 0 bridgehead atoms. The lowest BCUT2D eigenvalue weighted by Crippen LogP contribution is -2.35. The van der Waals surface area contributed by atoms with E-state index in [9.17, 15) is 42.8 Å². The largest absolute Gasteiger partial charge is 0.511 e. The lowest BCUT2D eigenvalue weighted by Gasteiger charge is -2.25. The number of nitro benzene ring substituents is 1. The second-order valence-corrected chi connectivity index (χ2v) is 14.8. The zero-order valence-corrected chi connectivity index (χ0v) is 28.6. The highest BCUT2D eigenvalue weighted by Crippen LogP contribution is 2.33. The van der Waals surface area contributed by atoms with Crippen molar-refractivity contribution in [1.82, 2.24) is 0 Å². The number of sulfone groups is 1. The van der Waals surface area contributed by atoms with Crippen LogP contribution in [0, 0.1) is 22.0 Å². The van der Waals surface area contributed by atoms with Gasteiger partial charge in [-0.05, 0) is 49.1 Å². The number of carbonyl (C=O) groups is 4. The average Bonchev–Trinajstić information content (AvgIpc) is 2.97. The summed E-state index contributed by atoms with van der Waals surface area (Å²) in [5.41, 5.74) is 1.03. The van der Waals surface area contributed by atoms with Gasteiger partial charge < -0.3 is 9.94 Å². The molecule has 1 aromatic rings. The van der Waals surface area contributed by atoms with E-state index in [0.29, 0.717) is 42.2 Å². The monoisotopic (exact) mass is 698 g/mol. The fourth-order valence-electron chi connectivity index (χ4n) is 5.23. The standard InChI is InChI=1S/C17H26ClNO3S.C14H13NO7S/c1-4-14(19-22-8-6-7-18)17-15(20)10-13(11-16(17)21)9-12(3)23-5-2;1-23(21,22)8-5-6-9(10(7-8)15(19)20)14(18)13-11(16)3-2-4-12(13)17/h6-7,12-13,20H,4-5,8-11H2,1-3H3;5-7,13H,2-4H2,1H3/b7-6+,19-14+;. The van der Waals surface area contributed by atoms with Crippen molar-refractivity contribution < 1.29 is 42.5 Å². The van der Waals surface area contributed by atoms with E-state index in [2.05, 4.69) is 19.0 Å². The van der Waals surface area contributed by atoms with Crippen molar-refractivity contribution in [3.05, 3.63) is 56.8 Å². The summed E-state index contributed by atoms with van der Waals surface area (Å²) in [6.45, 7) is 6.43. The summed E-state index contributed by atoms with van der Waals surface area (Å²) in [7, 11) is -3.70. The highest BCUT2D eigenvalue weighted by molar-refractivity contribution is 7.99. The van der Waals surface area contributed by atoms with Crippen LogP contribution in [0.2, 0.25) is 0 Å². The maximum Gasteiger partial charge on any atom is 0.281 e. The molecule has 1 N–H and O–H groups in total. The summed E-state index contributed by atoms with van der Waals surface area (Å²) >= 11 is 7.30. The van der Waals surface area contributed by atoms with Crippen molar-refractivity contribution in [3.63, 3.8) is 0 Å². The Labute approximate surface area is 277 Å². The highest BCUT2D eigenvalue weighted by Gasteiger charge is 2.39. The van der Waals surface area contributed by atoms with Gasteiger partial charge in [-0.25, -0.2) is 8.42 Å². The second-order valence-electron chi connectivity index (χ2n) is 10.9. The van der Waals surface area contributed by atoms with Gasteiger partial charge in [0.2, 0.25) is 0 Å². The predicted molar refractivity (Wildman–Crippen MR) is 176 cm³/mol. The Bertz CT molecular complexity index is 1520. The van der Waals surface area contributed by atoms with Crippen LogP contribution in [0.15, 0.2) is 51.2 Å². The van der Waals surface area contributed by atoms with Crippen molar-refractivity contribution in [1.29, 1.82) is 0 Å². The van der Waals surface area contributed by atoms with Crippen LogP contribution in [0.3, 0.4) is 0 Å². The number of benzene rings is 1. The van der Waals surface area contributed by atoms with E-state index < -0.39 is 49.3 Å². The Morgan fingerprint density at radius 3 is 2.39 bits per heavy atom. The van der Waals surface area contributed by atoms with Crippen molar-refractivity contribution in [2.45, 2.75) is 75.9 Å². The number of aliphatic hydroxyl groups excluding tert-OH is 1. The summed E-state index contributed by atoms with van der Waals surface area (Å²) in [4.78, 5) is 63.5. The number of rotatable bonds is 13. The van der Waals surface area contributed by atoms with Crippen molar-refractivity contribution >= 4 is 67.7 Å². The minimum absolute atomic E-state index is 0.0375. The molecule has 0 saturated heterocycles. The van der Waals surface area contributed by atoms with Crippen LogP contribution in [-0.2, 0) is 29.1 Å². The van der Waals surface area contributed by atoms with Gasteiger partial charge in [0.15, 0.2) is 33.0 Å². The van der Waals surface area contributed by atoms with Gasteiger partial charge in [0.05, 0.1) is 26.7 Å². The number of aliphatic hydroxyl groups is 1. The third kappa shape index (κ3) is 10.9. The second kappa shape index (κ2) is 18.1. The fraction of sp³-hybridized carbons (Fsp3) is 0.516. The van der Waals surface area contributed by atoms with Crippen LogP contribution in [0.5, 0.6) is 0 Å². The molecule has 12 nitrogen and oxygen atoms in total. The molecule has 2 atom stereocenters. The molecule has 0 aliphatic heterocycles. The van der Waals surface area contributed by atoms with E-state index in [1.54, 1.807) is 6.08 Å². The predicted octanol–water partition coefficient (Wildman–Crippen LogP) is 5.96. The Morgan fingerprint density at radius 2 is 1.87 bits per heavy atom. The fourth-order valence-corrected chi connectivity index (χ4v) is 6.92. The van der Waals surface area contributed by atoms with Crippen LogP contribution in [0.25, 0.3) is 0 Å². The van der Waals surface area contributed by atoms with Gasteiger partial charge in [-0.1, -0.05) is 37.5 Å². The SMILES string of the molecule is CCSC(C)CC1CC(=O)C(/C(CC)=N/OC/C=C/Cl)=C(O)C1.CS(=O)(=O)c1ccc(C(=O)C2C(=O)CCCC2=O)c([N+](=O)[O-])c1. The summed E-state index contributed by atoms with van der Waals surface area (Å²) in [5.74, 6) is -2.23. The van der Waals surface area contributed by atoms with E-state index in [1.807, 2.05) is 18.7 Å². The topological polar surface area (TPSA) is 187 Å². The van der Waals surface area contributed by atoms with E-state index in [4.69, 9.17) is 16.4 Å². The molecule has 0 radical (unpaired) electrons. The first-order chi connectivity index (χ1) is 21.7. The van der Waals surface area contributed by atoms with Crippen molar-refractivity contribution in [2.24, 2.45) is 17.0 Å². The van der Waals surface area contributed by atoms with E-state index in [1.165, 1.54) is 5.54 Å². The van der Waals surface area contributed by atoms with Crippen molar-refractivity contribution in [2.75, 3.05) is 18.6 Å². The molecule has 0 amide bonds. The smallest absolute Gasteiger partial charge is 0.281 e. The molecule has 2 aliphatic rings. The van der Waals surface area contributed by atoms with E-state index in [0.717, 1.165) is 36.6 Å². The molecule has 0 aromatic heterocycles.